The number of hydrogen-bond donors (Lipinski definition) is 1. The maximum Gasteiger partial charge on any atom is 0.136 e. The van der Waals surface area contributed by atoms with E-state index in [0.29, 0.717) is 0 Å². The number of rotatable bonds is 4. The Labute approximate surface area is 125 Å². The van der Waals surface area contributed by atoms with Crippen LogP contribution >= 0.6 is 11.3 Å². The quantitative estimate of drug-likeness (QED) is 0.891. The molecule has 0 aliphatic rings. The minimum absolute atomic E-state index is 0.0506. The fraction of sp³-hybridized carbons (Fsp3) is 0.500. The number of anilines is 1. The zero-order valence-electron chi connectivity index (χ0n) is 12.9. The highest BCUT2D eigenvalue weighted by molar-refractivity contribution is 7.15. The summed E-state index contributed by atoms with van der Waals surface area (Å²) in [4.78, 5) is 11.9. The molecular formula is C16H23N3S. The number of thiophene rings is 1. The van der Waals surface area contributed by atoms with E-state index >= 15 is 0 Å². The summed E-state index contributed by atoms with van der Waals surface area (Å²) in [6.07, 6.45) is 1.09. The molecule has 0 amide bonds. The van der Waals surface area contributed by atoms with Crippen molar-refractivity contribution in [1.29, 1.82) is 0 Å². The molecule has 0 unspecified atom stereocenters. The summed E-state index contributed by atoms with van der Waals surface area (Å²) in [5, 5.41) is 3.38. The highest BCUT2D eigenvalue weighted by atomic mass is 32.1. The molecule has 0 aliphatic heterocycles. The Balaban J connectivity index is 2.45. The molecule has 0 aromatic carbocycles. The predicted octanol–water partition coefficient (Wildman–Crippen LogP) is 4.63. The Bertz CT molecular complexity index is 582. The molecule has 0 saturated carbocycles. The molecule has 4 heteroatoms. The maximum atomic E-state index is 4.76. The molecule has 1 N–H and O–H groups in total. The Hall–Kier alpha value is -1.42. The second kappa shape index (κ2) is 5.92. The molecule has 2 aromatic rings. The third-order valence-corrected chi connectivity index (χ3v) is 3.97. The lowest BCUT2D eigenvalue weighted by Crippen LogP contribution is -2.17. The van der Waals surface area contributed by atoms with E-state index < -0.39 is 0 Å². The van der Waals surface area contributed by atoms with Gasteiger partial charge < -0.3 is 5.32 Å². The first-order chi connectivity index (χ1) is 9.40. The highest BCUT2D eigenvalue weighted by Gasteiger charge is 2.19. The molecule has 0 fully saturated rings. The van der Waals surface area contributed by atoms with Crippen LogP contribution in [0.2, 0.25) is 0 Å². The van der Waals surface area contributed by atoms with Crippen molar-refractivity contribution in [2.75, 3.05) is 11.9 Å². The van der Waals surface area contributed by atoms with E-state index in [1.54, 1.807) is 11.3 Å². The number of aryl methyl sites for hydroxylation is 1. The van der Waals surface area contributed by atoms with Gasteiger partial charge in [-0.3, -0.25) is 0 Å². The van der Waals surface area contributed by atoms with Crippen LogP contribution in [0.1, 0.15) is 44.8 Å². The first-order valence-electron chi connectivity index (χ1n) is 7.10. The van der Waals surface area contributed by atoms with Crippen molar-refractivity contribution in [1.82, 2.24) is 9.97 Å². The summed E-state index contributed by atoms with van der Waals surface area (Å²) in [5.41, 5.74) is 0.965. The van der Waals surface area contributed by atoms with Crippen molar-refractivity contribution in [3.05, 3.63) is 28.9 Å². The van der Waals surface area contributed by atoms with Gasteiger partial charge in [-0.15, -0.1) is 11.3 Å². The molecular weight excluding hydrogens is 266 g/mol. The summed E-state index contributed by atoms with van der Waals surface area (Å²) in [5.74, 6) is 1.81. The topological polar surface area (TPSA) is 37.8 Å². The van der Waals surface area contributed by atoms with Crippen LogP contribution in [-0.4, -0.2) is 16.5 Å². The molecule has 108 valence electrons. The van der Waals surface area contributed by atoms with Gasteiger partial charge in [0, 0.05) is 22.9 Å². The third-order valence-electron chi connectivity index (χ3n) is 2.95. The van der Waals surface area contributed by atoms with Gasteiger partial charge in [-0.25, -0.2) is 9.97 Å². The molecule has 0 atom stereocenters. The van der Waals surface area contributed by atoms with Gasteiger partial charge in [-0.1, -0.05) is 27.7 Å². The molecule has 2 rings (SSSR count). The number of nitrogens with one attached hydrogen (secondary N) is 1. The van der Waals surface area contributed by atoms with Gasteiger partial charge in [0.1, 0.15) is 11.6 Å². The summed E-state index contributed by atoms with van der Waals surface area (Å²) in [7, 11) is 0. The SMILES string of the molecule is CCCNc1cc(-c2ccc(C)s2)nc(C(C)(C)C)n1. The van der Waals surface area contributed by atoms with Gasteiger partial charge in [0.2, 0.25) is 0 Å². The van der Waals surface area contributed by atoms with Crippen LogP contribution in [0.4, 0.5) is 5.82 Å². The normalized spacial score (nSPS) is 11.7. The molecule has 2 aromatic heterocycles. The number of nitrogens with zero attached hydrogens (tertiary/aromatic N) is 2. The van der Waals surface area contributed by atoms with Crippen LogP contribution in [-0.2, 0) is 5.41 Å². The number of hydrogen-bond acceptors (Lipinski definition) is 4. The zero-order valence-corrected chi connectivity index (χ0v) is 13.8. The van der Waals surface area contributed by atoms with Gasteiger partial charge in [0.15, 0.2) is 0 Å². The van der Waals surface area contributed by atoms with Crippen LogP contribution in [0.3, 0.4) is 0 Å². The van der Waals surface area contributed by atoms with E-state index in [-0.39, 0.29) is 5.41 Å². The van der Waals surface area contributed by atoms with Crippen LogP contribution < -0.4 is 5.32 Å². The lowest BCUT2D eigenvalue weighted by molar-refractivity contribution is 0.546. The Morgan fingerprint density at radius 3 is 2.50 bits per heavy atom. The lowest BCUT2D eigenvalue weighted by atomic mass is 9.95. The second-order valence-electron chi connectivity index (χ2n) is 6.05. The van der Waals surface area contributed by atoms with Crippen molar-refractivity contribution < 1.29 is 0 Å². The third kappa shape index (κ3) is 3.57. The minimum atomic E-state index is -0.0506. The Morgan fingerprint density at radius 1 is 1.20 bits per heavy atom. The minimum Gasteiger partial charge on any atom is -0.370 e. The number of aromatic nitrogens is 2. The summed E-state index contributed by atoms with van der Waals surface area (Å²) < 4.78 is 0. The summed E-state index contributed by atoms with van der Waals surface area (Å²) >= 11 is 1.77. The van der Waals surface area contributed by atoms with E-state index in [2.05, 4.69) is 63.1 Å². The van der Waals surface area contributed by atoms with Crippen molar-refractivity contribution >= 4 is 17.2 Å². The molecule has 20 heavy (non-hydrogen) atoms. The van der Waals surface area contributed by atoms with Gasteiger partial charge >= 0.3 is 0 Å². The molecule has 0 aliphatic carbocycles. The first kappa shape index (κ1) is 15.0. The highest BCUT2D eigenvalue weighted by Crippen LogP contribution is 2.29. The molecule has 0 spiro atoms. The van der Waals surface area contributed by atoms with E-state index in [0.717, 1.165) is 30.3 Å². The standard InChI is InChI=1S/C16H23N3S/c1-6-9-17-14-10-12(13-8-7-11(2)20-13)18-15(19-14)16(3,4)5/h7-8,10H,6,9H2,1-5H3,(H,17,18,19). The van der Waals surface area contributed by atoms with E-state index in [1.807, 2.05) is 0 Å². The Morgan fingerprint density at radius 2 is 1.95 bits per heavy atom. The summed E-state index contributed by atoms with van der Waals surface area (Å²) in [6.45, 7) is 11.7. The molecule has 2 heterocycles. The molecule has 0 radical (unpaired) electrons. The fourth-order valence-electron chi connectivity index (χ4n) is 1.82. The molecule has 0 saturated heterocycles. The van der Waals surface area contributed by atoms with Crippen LogP contribution in [0.5, 0.6) is 0 Å². The predicted molar refractivity (Wildman–Crippen MR) is 87.6 cm³/mol. The van der Waals surface area contributed by atoms with Crippen LogP contribution in [0.15, 0.2) is 18.2 Å². The van der Waals surface area contributed by atoms with Gasteiger partial charge in [0.05, 0.1) is 10.6 Å². The van der Waals surface area contributed by atoms with Gasteiger partial charge in [0.25, 0.3) is 0 Å². The average Bonchev–Trinajstić information content (AvgIpc) is 2.82. The van der Waals surface area contributed by atoms with Crippen LogP contribution in [0, 0.1) is 6.92 Å². The van der Waals surface area contributed by atoms with Gasteiger partial charge in [-0.2, -0.15) is 0 Å². The molecule has 3 nitrogen and oxygen atoms in total. The second-order valence-corrected chi connectivity index (χ2v) is 7.34. The average molecular weight is 289 g/mol. The zero-order chi connectivity index (χ0) is 14.8. The van der Waals surface area contributed by atoms with Crippen molar-refractivity contribution in [2.24, 2.45) is 0 Å². The smallest absolute Gasteiger partial charge is 0.136 e. The van der Waals surface area contributed by atoms with Crippen molar-refractivity contribution in [3.8, 4) is 10.6 Å². The summed E-state index contributed by atoms with van der Waals surface area (Å²) in [6, 6.07) is 6.33. The van der Waals surface area contributed by atoms with Crippen LogP contribution in [0.25, 0.3) is 10.6 Å². The largest absolute Gasteiger partial charge is 0.370 e. The van der Waals surface area contributed by atoms with Gasteiger partial charge in [-0.05, 0) is 25.5 Å². The van der Waals surface area contributed by atoms with E-state index in [9.17, 15) is 0 Å². The Kier molecular flexibility index (Phi) is 4.43. The fourth-order valence-corrected chi connectivity index (χ4v) is 2.65. The van der Waals surface area contributed by atoms with Crippen molar-refractivity contribution in [3.63, 3.8) is 0 Å². The maximum absolute atomic E-state index is 4.76. The monoisotopic (exact) mass is 289 g/mol. The van der Waals surface area contributed by atoms with E-state index in [4.69, 9.17) is 4.98 Å². The first-order valence-corrected chi connectivity index (χ1v) is 7.92. The lowest BCUT2D eigenvalue weighted by Gasteiger charge is -2.18. The van der Waals surface area contributed by atoms with E-state index in [1.165, 1.54) is 9.75 Å². The molecule has 0 bridgehead atoms. The van der Waals surface area contributed by atoms with Crippen molar-refractivity contribution in [2.45, 2.75) is 46.5 Å².